The zero-order chi connectivity index (χ0) is 18.0. The summed E-state index contributed by atoms with van der Waals surface area (Å²) in [5.41, 5.74) is -0.777. The third-order valence-corrected chi connectivity index (χ3v) is 5.14. The minimum Gasteiger partial charge on any atom is -0.325 e. The Morgan fingerprint density at radius 3 is 2.25 bits per heavy atom. The molecule has 5 nitrogen and oxygen atoms in total. The predicted molar refractivity (Wildman–Crippen MR) is 90.5 cm³/mol. The summed E-state index contributed by atoms with van der Waals surface area (Å²) >= 11 is 0. The minimum absolute atomic E-state index is 0.0791. The van der Waals surface area contributed by atoms with E-state index in [0.29, 0.717) is 0 Å². The van der Waals surface area contributed by atoms with E-state index in [1.165, 1.54) is 37.3 Å². The molecule has 0 saturated carbocycles. The van der Waals surface area contributed by atoms with Crippen LogP contribution in [0.25, 0.3) is 0 Å². The molecule has 0 aliphatic carbocycles. The average Bonchev–Trinajstić information content (AvgIpc) is 2.46. The number of amides is 1. The number of anilines is 1. The fraction of sp³-hybridized carbons (Fsp3) is 0.235. The van der Waals surface area contributed by atoms with Gasteiger partial charge in [0.05, 0.1) is 11.2 Å². The van der Waals surface area contributed by atoms with Gasteiger partial charge in [-0.2, -0.15) is 0 Å². The van der Waals surface area contributed by atoms with Crippen LogP contribution in [0.3, 0.4) is 0 Å². The molecular formula is C17H19FN2O3S. The van der Waals surface area contributed by atoms with Crippen molar-refractivity contribution < 1.29 is 17.6 Å². The van der Waals surface area contributed by atoms with Crippen LogP contribution in [0.1, 0.15) is 26.3 Å². The normalized spacial score (nSPS) is 12.0. The Morgan fingerprint density at radius 1 is 1.04 bits per heavy atom. The zero-order valence-corrected chi connectivity index (χ0v) is 14.4. The molecular weight excluding hydrogens is 331 g/mol. The van der Waals surface area contributed by atoms with E-state index in [1.807, 2.05) is 0 Å². The summed E-state index contributed by atoms with van der Waals surface area (Å²) in [5, 5.41) is 2.48. The summed E-state index contributed by atoms with van der Waals surface area (Å²) in [4.78, 5) is 11.2. The van der Waals surface area contributed by atoms with Crippen molar-refractivity contribution in [2.45, 2.75) is 31.2 Å². The van der Waals surface area contributed by atoms with E-state index in [4.69, 9.17) is 0 Å². The van der Waals surface area contributed by atoms with Crippen LogP contribution in [0.4, 0.5) is 10.1 Å². The van der Waals surface area contributed by atoms with Crippen molar-refractivity contribution in [2.75, 3.05) is 5.32 Å². The molecule has 0 saturated heterocycles. The maximum Gasteiger partial charge on any atom is 0.243 e. The second-order valence-corrected chi connectivity index (χ2v) is 7.54. The van der Waals surface area contributed by atoms with E-state index in [1.54, 1.807) is 32.0 Å². The summed E-state index contributed by atoms with van der Waals surface area (Å²) in [7, 11) is -3.99. The van der Waals surface area contributed by atoms with Crippen LogP contribution in [0.5, 0.6) is 0 Å². The van der Waals surface area contributed by atoms with E-state index in [-0.39, 0.29) is 22.1 Å². The van der Waals surface area contributed by atoms with Gasteiger partial charge >= 0.3 is 0 Å². The highest BCUT2D eigenvalue weighted by atomic mass is 32.2. The lowest BCUT2D eigenvalue weighted by Gasteiger charge is -2.27. The van der Waals surface area contributed by atoms with Gasteiger partial charge in [-0.3, -0.25) is 4.79 Å². The van der Waals surface area contributed by atoms with Crippen LogP contribution >= 0.6 is 0 Å². The number of nitrogens with one attached hydrogen (secondary N) is 2. The lowest BCUT2D eigenvalue weighted by Crippen LogP contribution is -2.41. The maximum absolute atomic E-state index is 14.0. The summed E-state index contributed by atoms with van der Waals surface area (Å²) < 4.78 is 42.0. The second-order valence-electron chi connectivity index (χ2n) is 5.89. The van der Waals surface area contributed by atoms with Gasteiger partial charge in [0.2, 0.25) is 15.9 Å². The first-order chi connectivity index (χ1) is 11.1. The van der Waals surface area contributed by atoms with Crippen LogP contribution < -0.4 is 10.0 Å². The van der Waals surface area contributed by atoms with Crippen LogP contribution in [0.2, 0.25) is 0 Å². The second kappa shape index (κ2) is 6.70. The van der Waals surface area contributed by atoms with Gasteiger partial charge in [-0.05, 0) is 32.0 Å². The number of carbonyl (C=O) groups is 1. The van der Waals surface area contributed by atoms with Crippen molar-refractivity contribution >= 4 is 21.6 Å². The molecule has 2 rings (SSSR count). The topological polar surface area (TPSA) is 75.3 Å². The van der Waals surface area contributed by atoms with Crippen molar-refractivity contribution in [2.24, 2.45) is 0 Å². The number of benzene rings is 2. The third-order valence-electron chi connectivity index (χ3n) is 3.42. The van der Waals surface area contributed by atoms with Gasteiger partial charge in [-0.25, -0.2) is 17.5 Å². The van der Waals surface area contributed by atoms with Gasteiger partial charge in [-0.15, -0.1) is 0 Å². The van der Waals surface area contributed by atoms with Gasteiger partial charge < -0.3 is 5.32 Å². The first kappa shape index (κ1) is 18.1. The molecule has 0 aromatic heterocycles. The van der Waals surface area contributed by atoms with Gasteiger partial charge in [0.15, 0.2) is 0 Å². The maximum atomic E-state index is 14.0. The molecule has 2 N–H and O–H groups in total. The molecule has 1 amide bonds. The molecule has 2 aromatic rings. The molecule has 0 unspecified atom stereocenters. The number of halogens is 1. The molecule has 0 heterocycles. The number of para-hydroxylation sites is 1. The molecule has 0 aliphatic heterocycles. The first-order valence-corrected chi connectivity index (χ1v) is 8.77. The van der Waals surface area contributed by atoms with Crippen molar-refractivity contribution in [3.8, 4) is 0 Å². The lowest BCUT2D eigenvalue weighted by molar-refractivity contribution is -0.114. The highest BCUT2D eigenvalue weighted by Crippen LogP contribution is 2.28. The fourth-order valence-electron chi connectivity index (χ4n) is 2.41. The number of sulfonamides is 1. The molecule has 2 aromatic carbocycles. The molecule has 0 radical (unpaired) electrons. The monoisotopic (exact) mass is 350 g/mol. The highest BCUT2D eigenvalue weighted by Gasteiger charge is 2.31. The molecule has 0 aliphatic rings. The van der Waals surface area contributed by atoms with Crippen LogP contribution in [-0.4, -0.2) is 14.3 Å². The lowest BCUT2D eigenvalue weighted by atomic mass is 9.95. The van der Waals surface area contributed by atoms with Gasteiger partial charge in [0, 0.05) is 12.5 Å². The van der Waals surface area contributed by atoms with Gasteiger partial charge in [-0.1, -0.05) is 30.3 Å². The highest BCUT2D eigenvalue weighted by molar-refractivity contribution is 7.89. The Labute approximate surface area is 141 Å². The average molecular weight is 350 g/mol. The van der Waals surface area contributed by atoms with Crippen LogP contribution in [0, 0.1) is 5.82 Å². The summed E-state index contributed by atoms with van der Waals surface area (Å²) in [6.45, 7) is 4.44. The van der Waals surface area contributed by atoms with E-state index < -0.39 is 21.4 Å². The zero-order valence-electron chi connectivity index (χ0n) is 13.6. The summed E-state index contributed by atoms with van der Waals surface area (Å²) in [5.74, 6) is -0.883. The standard InChI is InChI=1S/C17H19FN2O3S/c1-12(21)19-15-10-6-7-11-16(15)24(22,23)20-17(2,3)13-8-4-5-9-14(13)18/h4-11,20H,1-3H3,(H,19,21). The summed E-state index contributed by atoms with van der Waals surface area (Å²) in [6.07, 6.45) is 0. The third kappa shape index (κ3) is 3.98. The van der Waals surface area contributed by atoms with Crippen LogP contribution in [-0.2, 0) is 20.4 Å². The smallest absolute Gasteiger partial charge is 0.243 e. The van der Waals surface area contributed by atoms with E-state index in [0.717, 1.165) is 0 Å². The Morgan fingerprint density at radius 2 is 1.62 bits per heavy atom. The molecule has 7 heteroatoms. The van der Waals surface area contributed by atoms with Crippen molar-refractivity contribution in [3.63, 3.8) is 0 Å². The minimum atomic E-state index is -3.99. The first-order valence-electron chi connectivity index (χ1n) is 7.29. The van der Waals surface area contributed by atoms with Crippen molar-refractivity contribution in [3.05, 3.63) is 59.9 Å². The molecule has 0 spiro atoms. The summed E-state index contributed by atoms with van der Waals surface area (Å²) in [6, 6.07) is 12.0. The SMILES string of the molecule is CC(=O)Nc1ccccc1S(=O)(=O)NC(C)(C)c1ccccc1F. The quantitative estimate of drug-likeness (QED) is 0.870. The molecule has 0 atom stereocenters. The van der Waals surface area contributed by atoms with Crippen molar-refractivity contribution in [1.29, 1.82) is 0 Å². The predicted octanol–water partition coefficient (Wildman–Crippen LogP) is 3.00. The molecule has 0 bridgehead atoms. The van der Waals surface area contributed by atoms with Crippen molar-refractivity contribution in [1.82, 2.24) is 4.72 Å². The number of hydrogen-bond acceptors (Lipinski definition) is 3. The Kier molecular flexibility index (Phi) is 5.05. The van der Waals surface area contributed by atoms with E-state index in [2.05, 4.69) is 10.0 Å². The van der Waals surface area contributed by atoms with Gasteiger partial charge in [0.25, 0.3) is 0 Å². The molecule has 128 valence electrons. The molecule has 24 heavy (non-hydrogen) atoms. The Bertz CT molecular complexity index is 864. The van der Waals surface area contributed by atoms with Gasteiger partial charge in [0.1, 0.15) is 10.7 Å². The number of hydrogen-bond donors (Lipinski definition) is 2. The largest absolute Gasteiger partial charge is 0.325 e. The fourth-order valence-corrected chi connectivity index (χ4v) is 3.97. The number of rotatable bonds is 5. The Hall–Kier alpha value is -2.25. The number of carbonyl (C=O) groups excluding carboxylic acids is 1. The molecule has 0 fully saturated rings. The van der Waals surface area contributed by atoms with E-state index in [9.17, 15) is 17.6 Å². The Balaban J connectivity index is 2.42. The van der Waals surface area contributed by atoms with Crippen LogP contribution in [0.15, 0.2) is 53.4 Å². The van der Waals surface area contributed by atoms with E-state index >= 15 is 0 Å².